The van der Waals surface area contributed by atoms with E-state index in [2.05, 4.69) is 27.7 Å². The molecule has 4 nitrogen and oxygen atoms in total. The molecule has 0 heterocycles. The van der Waals surface area contributed by atoms with Gasteiger partial charge in [0.15, 0.2) is 0 Å². The van der Waals surface area contributed by atoms with Gasteiger partial charge in [-0.1, -0.05) is 91.2 Å². The van der Waals surface area contributed by atoms with Crippen LogP contribution in [-0.2, 0) is 14.3 Å². The molecule has 1 aliphatic rings. The number of carbonyl (C=O) groups is 2. The minimum atomic E-state index is -0.897. The lowest BCUT2D eigenvalue weighted by Gasteiger charge is -2.27. The summed E-state index contributed by atoms with van der Waals surface area (Å²) in [6, 6.07) is 0. The Hall–Kier alpha value is -1.32. The lowest BCUT2D eigenvalue weighted by Crippen LogP contribution is -2.34. The van der Waals surface area contributed by atoms with E-state index in [4.69, 9.17) is 4.74 Å². The number of hydrogen-bond acceptors (Lipinski definition) is 3. The van der Waals surface area contributed by atoms with Crippen molar-refractivity contribution in [2.45, 2.75) is 117 Å². The van der Waals surface area contributed by atoms with Gasteiger partial charge in [-0.2, -0.15) is 0 Å². The van der Waals surface area contributed by atoms with Gasteiger partial charge in [0, 0.05) is 0 Å². The van der Waals surface area contributed by atoms with Gasteiger partial charge in [0.05, 0.1) is 11.8 Å². The predicted molar refractivity (Wildman–Crippen MR) is 123 cm³/mol. The Morgan fingerprint density at radius 1 is 0.800 bits per heavy atom. The van der Waals surface area contributed by atoms with Crippen LogP contribution in [0.15, 0.2) is 12.2 Å². The van der Waals surface area contributed by atoms with Crippen molar-refractivity contribution in [2.24, 2.45) is 23.7 Å². The molecule has 4 heteroatoms. The Morgan fingerprint density at radius 3 is 1.80 bits per heavy atom. The Labute approximate surface area is 184 Å². The first kappa shape index (κ1) is 26.7. The second-order valence-corrected chi connectivity index (χ2v) is 9.98. The second kappa shape index (κ2) is 15.5. The highest BCUT2D eigenvalue weighted by atomic mass is 16.5. The summed E-state index contributed by atoms with van der Waals surface area (Å²) in [7, 11) is 0. The topological polar surface area (TPSA) is 63.6 Å². The Balaban J connectivity index is 2.29. The molecule has 0 saturated carbocycles. The first-order valence-electron chi connectivity index (χ1n) is 12.4. The van der Waals surface area contributed by atoms with E-state index in [0.717, 1.165) is 25.2 Å². The minimum Gasteiger partial charge on any atom is -0.481 e. The van der Waals surface area contributed by atoms with Crippen LogP contribution in [0.1, 0.15) is 111 Å². The van der Waals surface area contributed by atoms with Crippen molar-refractivity contribution in [3.05, 3.63) is 12.2 Å². The van der Waals surface area contributed by atoms with Gasteiger partial charge in [-0.15, -0.1) is 0 Å². The zero-order valence-electron chi connectivity index (χ0n) is 19.9. The van der Waals surface area contributed by atoms with Crippen molar-refractivity contribution in [2.75, 3.05) is 0 Å². The molecule has 0 aromatic carbocycles. The van der Waals surface area contributed by atoms with E-state index in [0.29, 0.717) is 18.8 Å². The van der Waals surface area contributed by atoms with Crippen molar-refractivity contribution in [3.63, 3.8) is 0 Å². The number of unbranched alkanes of at least 4 members (excludes halogenated alkanes) is 7. The van der Waals surface area contributed by atoms with Gasteiger partial charge in [-0.3, -0.25) is 9.59 Å². The van der Waals surface area contributed by atoms with Gasteiger partial charge in [-0.25, -0.2) is 0 Å². The predicted octanol–water partition coefficient (Wildman–Crippen LogP) is 7.17. The molecule has 174 valence electrons. The summed E-state index contributed by atoms with van der Waals surface area (Å²) in [5, 5.41) is 9.41. The lowest BCUT2D eigenvalue weighted by molar-refractivity contribution is -0.162. The molecule has 3 unspecified atom stereocenters. The molecule has 30 heavy (non-hydrogen) atoms. The molecule has 1 aliphatic carbocycles. The molecule has 0 amide bonds. The average Bonchev–Trinajstić information content (AvgIpc) is 2.68. The van der Waals surface area contributed by atoms with E-state index in [9.17, 15) is 14.7 Å². The molecule has 0 aromatic heterocycles. The largest absolute Gasteiger partial charge is 0.481 e. The Morgan fingerprint density at radius 2 is 1.30 bits per heavy atom. The standard InChI is InChI=1S/C26H46O4/c1-20(2)15-11-9-7-5-6-8-10-12-16-22(19-21(3)4)30-26(29)24-18-14-13-17-23(24)25(27)28/h13-14,20-24H,5-12,15-19H2,1-4H3,(H,27,28). The normalized spacial score (nSPS) is 19.9. The number of aliphatic carboxylic acids is 1. The molecular formula is C26H46O4. The molecule has 1 N–H and O–H groups in total. The smallest absolute Gasteiger partial charge is 0.310 e. The first-order chi connectivity index (χ1) is 14.3. The maximum absolute atomic E-state index is 12.7. The van der Waals surface area contributed by atoms with Crippen LogP contribution in [0.3, 0.4) is 0 Å². The molecular weight excluding hydrogens is 376 g/mol. The summed E-state index contributed by atoms with van der Waals surface area (Å²) in [6.07, 6.45) is 17.9. The number of esters is 1. The number of carboxylic acids is 1. The summed E-state index contributed by atoms with van der Waals surface area (Å²) in [6.45, 7) is 8.87. The van der Waals surface area contributed by atoms with Crippen LogP contribution in [0.5, 0.6) is 0 Å². The molecule has 3 atom stereocenters. The quantitative estimate of drug-likeness (QED) is 0.163. The maximum atomic E-state index is 12.7. The minimum absolute atomic E-state index is 0.0890. The van der Waals surface area contributed by atoms with Crippen molar-refractivity contribution in [3.8, 4) is 0 Å². The summed E-state index contributed by atoms with van der Waals surface area (Å²) in [5.41, 5.74) is 0. The highest BCUT2D eigenvalue weighted by Gasteiger charge is 2.36. The molecule has 0 aliphatic heterocycles. The Kier molecular flexibility index (Phi) is 13.8. The fraction of sp³-hybridized carbons (Fsp3) is 0.846. The Bertz CT molecular complexity index is 509. The summed E-state index contributed by atoms with van der Waals surface area (Å²) in [5.74, 6) is -1.14. The van der Waals surface area contributed by atoms with E-state index >= 15 is 0 Å². The molecule has 1 rings (SSSR count). The number of ether oxygens (including phenoxy) is 1. The SMILES string of the molecule is CC(C)CCCCCCCCCCC(CC(C)C)OC(=O)C1CC=CCC1C(=O)O. The van der Waals surface area contributed by atoms with Crippen molar-refractivity contribution >= 4 is 11.9 Å². The number of carboxylic acid groups (broad SMARTS) is 1. The monoisotopic (exact) mass is 422 g/mol. The van der Waals surface area contributed by atoms with Crippen LogP contribution in [0, 0.1) is 23.7 Å². The van der Waals surface area contributed by atoms with E-state index in [-0.39, 0.29) is 12.1 Å². The molecule has 0 spiro atoms. The van der Waals surface area contributed by atoms with E-state index in [1.54, 1.807) is 0 Å². The zero-order valence-corrected chi connectivity index (χ0v) is 19.9. The maximum Gasteiger partial charge on any atom is 0.310 e. The molecule has 0 fully saturated rings. The summed E-state index contributed by atoms with van der Waals surface area (Å²) >= 11 is 0. The molecule has 0 saturated heterocycles. The van der Waals surface area contributed by atoms with Gasteiger partial charge < -0.3 is 9.84 Å². The zero-order chi connectivity index (χ0) is 22.4. The summed E-state index contributed by atoms with van der Waals surface area (Å²) in [4.78, 5) is 24.2. The van der Waals surface area contributed by atoms with Gasteiger partial charge >= 0.3 is 11.9 Å². The van der Waals surface area contributed by atoms with Gasteiger partial charge in [0.25, 0.3) is 0 Å². The fourth-order valence-electron chi connectivity index (χ4n) is 4.34. The van der Waals surface area contributed by atoms with E-state index in [1.165, 1.54) is 51.4 Å². The van der Waals surface area contributed by atoms with Gasteiger partial charge in [0.2, 0.25) is 0 Å². The van der Waals surface area contributed by atoms with E-state index in [1.807, 2.05) is 12.2 Å². The second-order valence-electron chi connectivity index (χ2n) is 9.98. The first-order valence-corrected chi connectivity index (χ1v) is 12.4. The number of allylic oxidation sites excluding steroid dienone is 2. The van der Waals surface area contributed by atoms with Crippen LogP contribution >= 0.6 is 0 Å². The van der Waals surface area contributed by atoms with Gasteiger partial charge in [0.1, 0.15) is 6.10 Å². The highest BCUT2D eigenvalue weighted by molar-refractivity contribution is 5.81. The highest BCUT2D eigenvalue weighted by Crippen LogP contribution is 2.28. The van der Waals surface area contributed by atoms with E-state index < -0.39 is 17.8 Å². The fourth-order valence-corrected chi connectivity index (χ4v) is 4.34. The third-order valence-corrected chi connectivity index (χ3v) is 6.13. The molecule has 0 radical (unpaired) electrons. The summed E-state index contributed by atoms with van der Waals surface area (Å²) < 4.78 is 5.84. The number of carbonyl (C=O) groups excluding carboxylic acids is 1. The third kappa shape index (κ3) is 11.8. The van der Waals surface area contributed by atoms with Crippen LogP contribution in [0.4, 0.5) is 0 Å². The van der Waals surface area contributed by atoms with Crippen LogP contribution in [0.2, 0.25) is 0 Å². The lowest BCUT2D eigenvalue weighted by atomic mass is 9.83. The third-order valence-electron chi connectivity index (χ3n) is 6.13. The van der Waals surface area contributed by atoms with Crippen molar-refractivity contribution in [1.82, 2.24) is 0 Å². The molecule has 0 bridgehead atoms. The van der Waals surface area contributed by atoms with Crippen LogP contribution < -0.4 is 0 Å². The van der Waals surface area contributed by atoms with Crippen LogP contribution in [-0.4, -0.2) is 23.1 Å². The molecule has 0 aromatic rings. The van der Waals surface area contributed by atoms with Crippen molar-refractivity contribution < 1.29 is 19.4 Å². The van der Waals surface area contributed by atoms with Crippen LogP contribution in [0.25, 0.3) is 0 Å². The number of rotatable bonds is 16. The van der Waals surface area contributed by atoms with Crippen molar-refractivity contribution in [1.29, 1.82) is 0 Å². The number of hydrogen-bond donors (Lipinski definition) is 1. The van der Waals surface area contributed by atoms with Gasteiger partial charge in [-0.05, 0) is 43.9 Å². The average molecular weight is 423 g/mol.